The van der Waals surface area contributed by atoms with E-state index in [1.165, 1.54) is 0 Å². The van der Waals surface area contributed by atoms with Crippen LogP contribution < -0.4 is 9.64 Å². The number of esters is 4. The summed E-state index contributed by atoms with van der Waals surface area (Å²) in [5, 5.41) is 0. The number of thioether (sulfide) groups is 3. The Morgan fingerprint density at radius 1 is 0.673 bits per heavy atom. The lowest BCUT2D eigenvalue weighted by atomic mass is 9.83. The third-order valence-electron chi connectivity index (χ3n) is 8.34. The van der Waals surface area contributed by atoms with Crippen molar-refractivity contribution in [3.63, 3.8) is 0 Å². The van der Waals surface area contributed by atoms with Gasteiger partial charge in [0, 0.05) is 27.3 Å². The van der Waals surface area contributed by atoms with E-state index in [4.69, 9.17) is 23.7 Å². The van der Waals surface area contributed by atoms with Crippen molar-refractivity contribution in [2.45, 2.75) is 58.1 Å². The fourth-order valence-corrected chi connectivity index (χ4v) is 11.2. The second-order valence-corrected chi connectivity index (χ2v) is 15.6. The monoisotopic (exact) mass is 767 g/mol. The van der Waals surface area contributed by atoms with Gasteiger partial charge in [-0.15, -0.1) is 0 Å². The molecular formula is C38H41NO10S3. The maximum absolute atomic E-state index is 14.3. The van der Waals surface area contributed by atoms with E-state index in [1.807, 2.05) is 43.9 Å². The minimum Gasteiger partial charge on any atom is -0.494 e. The molecule has 0 saturated carbocycles. The number of Topliss-reactive ketones (excluding diaryl/α,β-unsaturated/α-hetero) is 1. The first-order valence-electron chi connectivity index (χ1n) is 17.0. The Kier molecular flexibility index (Phi) is 12.2. The predicted octanol–water partition coefficient (Wildman–Crippen LogP) is 6.92. The molecule has 0 aromatic heterocycles. The lowest BCUT2D eigenvalue weighted by molar-refractivity contribution is -0.141. The van der Waals surface area contributed by atoms with Crippen LogP contribution in [0.2, 0.25) is 0 Å². The topological polar surface area (TPSA) is 135 Å². The second kappa shape index (κ2) is 16.3. The van der Waals surface area contributed by atoms with Crippen molar-refractivity contribution in [2.75, 3.05) is 44.5 Å². The van der Waals surface area contributed by atoms with Gasteiger partial charge in [-0.1, -0.05) is 65.6 Å². The third-order valence-corrected chi connectivity index (χ3v) is 13.0. The SMILES string of the molecule is CCOC(=O)C1=C(C(=O)OCC)SC2(S1)C(C(=O)OCC)=C(C(=O)OCC)SC1=C2c2cc(OCC)ccc2N(CC(=O)c2ccccc2)C1(C)C. The van der Waals surface area contributed by atoms with E-state index in [0.717, 1.165) is 35.3 Å². The van der Waals surface area contributed by atoms with E-state index in [0.29, 0.717) is 39.6 Å². The van der Waals surface area contributed by atoms with Crippen molar-refractivity contribution in [1.29, 1.82) is 0 Å². The Morgan fingerprint density at radius 3 is 1.75 bits per heavy atom. The lowest BCUT2D eigenvalue weighted by Gasteiger charge is -2.51. The highest BCUT2D eigenvalue weighted by Crippen LogP contribution is 2.71. The van der Waals surface area contributed by atoms with Gasteiger partial charge in [-0.05, 0) is 66.7 Å². The molecule has 0 N–H and O–H groups in total. The van der Waals surface area contributed by atoms with Gasteiger partial charge in [0.2, 0.25) is 0 Å². The van der Waals surface area contributed by atoms with Crippen LogP contribution in [0.3, 0.4) is 0 Å². The zero-order valence-corrected chi connectivity index (χ0v) is 32.6. The maximum atomic E-state index is 14.3. The molecule has 0 atom stereocenters. The van der Waals surface area contributed by atoms with Crippen molar-refractivity contribution >= 4 is 76.2 Å². The predicted molar refractivity (Wildman–Crippen MR) is 203 cm³/mol. The minimum atomic E-state index is -1.66. The first-order valence-corrected chi connectivity index (χ1v) is 19.5. The molecule has 3 heterocycles. The third kappa shape index (κ3) is 7.12. The number of carbonyl (C=O) groups is 5. The number of nitrogens with zero attached hydrogens (tertiary/aromatic N) is 1. The fourth-order valence-electron chi connectivity index (χ4n) is 6.17. The molecule has 3 aliphatic rings. The molecule has 0 aliphatic carbocycles. The molecule has 3 aliphatic heterocycles. The summed E-state index contributed by atoms with van der Waals surface area (Å²) in [6.45, 7) is 12.7. The Hall–Kier alpha value is -4.14. The van der Waals surface area contributed by atoms with Gasteiger partial charge in [0.15, 0.2) is 5.78 Å². The van der Waals surface area contributed by atoms with Gasteiger partial charge in [-0.25, -0.2) is 19.2 Å². The van der Waals surface area contributed by atoms with Crippen LogP contribution in [0, 0.1) is 0 Å². The number of hydrogen-bond donors (Lipinski definition) is 0. The number of rotatable bonds is 13. The maximum Gasteiger partial charge on any atom is 0.346 e. The molecule has 0 fully saturated rings. The number of ketones is 1. The van der Waals surface area contributed by atoms with Crippen molar-refractivity contribution in [2.24, 2.45) is 0 Å². The van der Waals surface area contributed by atoms with Gasteiger partial charge >= 0.3 is 23.9 Å². The number of carbonyl (C=O) groups excluding carboxylic acids is 5. The van der Waals surface area contributed by atoms with E-state index in [9.17, 15) is 24.0 Å². The summed E-state index contributed by atoms with van der Waals surface area (Å²) in [6, 6.07) is 14.4. The number of hydrogen-bond acceptors (Lipinski definition) is 14. The summed E-state index contributed by atoms with van der Waals surface area (Å²) < 4.78 is 26.3. The van der Waals surface area contributed by atoms with Crippen LogP contribution in [-0.4, -0.2) is 78.9 Å². The van der Waals surface area contributed by atoms with Crippen molar-refractivity contribution in [3.05, 3.63) is 84.9 Å². The molecule has 0 bridgehead atoms. The quantitative estimate of drug-likeness (QED) is 0.119. The summed E-state index contributed by atoms with van der Waals surface area (Å²) in [7, 11) is 0. The molecule has 0 amide bonds. The fraction of sp³-hybridized carbons (Fsp3) is 0.395. The Bertz CT molecular complexity index is 1850. The van der Waals surface area contributed by atoms with Crippen LogP contribution >= 0.6 is 35.3 Å². The van der Waals surface area contributed by atoms with E-state index in [-0.39, 0.29) is 59.0 Å². The summed E-state index contributed by atoms with van der Waals surface area (Å²) in [5.74, 6) is -2.79. The number of benzene rings is 2. The van der Waals surface area contributed by atoms with E-state index in [2.05, 4.69) is 0 Å². The Labute approximate surface area is 315 Å². The molecule has 1 spiro atoms. The second-order valence-electron chi connectivity index (χ2n) is 11.9. The molecule has 0 unspecified atom stereocenters. The van der Waals surface area contributed by atoms with Crippen molar-refractivity contribution in [1.82, 2.24) is 0 Å². The largest absolute Gasteiger partial charge is 0.494 e. The average Bonchev–Trinajstić information content (AvgIpc) is 3.51. The van der Waals surface area contributed by atoms with Crippen molar-refractivity contribution in [3.8, 4) is 5.75 Å². The number of anilines is 1. The van der Waals surface area contributed by atoms with E-state index in [1.54, 1.807) is 58.0 Å². The summed E-state index contributed by atoms with van der Waals surface area (Å²) in [4.78, 5) is 71.8. The standard InChI is InChI=1S/C38H41NO10S3/c1-8-45-23-18-19-25-24(20-23)27-32(37(6,7)39(25)21-26(40)22-16-14-13-15-17-22)50-29(34(42)47-10-3)28(33(41)46-9-2)38(27)51-30(35(43)48-11-4)31(52-38)36(44)49-12-5/h13-20H,8-12,21H2,1-7H3. The normalized spacial score (nSPS) is 17.0. The Balaban J connectivity index is 1.86. The van der Waals surface area contributed by atoms with Crippen LogP contribution in [0.1, 0.15) is 64.4 Å². The number of fused-ring (bicyclic) bond motifs is 3. The lowest BCUT2D eigenvalue weighted by Crippen LogP contribution is -2.53. The van der Waals surface area contributed by atoms with Crippen LogP contribution in [0.15, 0.2) is 73.7 Å². The van der Waals surface area contributed by atoms with Crippen LogP contribution in [0.5, 0.6) is 5.75 Å². The van der Waals surface area contributed by atoms with E-state index < -0.39 is 33.5 Å². The molecular weight excluding hydrogens is 727 g/mol. The minimum absolute atomic E-state index is 0.0141. The zero-order valence-electron chi connectivity index (χ0n) is 30.1. The van der Waals surface area contributed by atoms with Crippen molar-refractivity contribution < 1.29 is 47.7 Å². The van der Waals surface area contributed by atoms with Gasteiger partial charge in [-0.3, -0.25) is 4.79 Å². The van der Waals surface area contributed by atoms with Gasteiger partial charge in [-0.2, -0.15) is 0 Å². The highest BCUT2D eigenvalue weighted by atomic mass is 32.2. The van der Waals surface area contributed by atoms with E-state index >= 15 is 0 Å². The summed E-state index contributed by atoms with van der Waals surface area (Å²) in [5.41, 5.74) is 1.18. The van der Waals surface area contributed by atoms with Gasteiger partial charge in [0.1, 0.15) is 24.5 Å². The smallest absolute Gasteiger partial charge is 0.346 e. The first-order chi connectivity index (χ1) is 24.9. The Morgan fingerprint density at radius 2 is 1.21 bits per heavy atom. The molecule has 52 heavy (non-hydrogen) atoms. The molecule has 2 aromatic carbocycles. The summed E-state index contributed by atoms with van der Waals surface area (Å²) in [6.07, 6.45) is 0. The molecule has 276 valence electrons. The van der Waals surface area contributed by atoms with Crippen LogP contribution in [-0.2, 0) is 38.1 Å². The zero-order chi connectivity index (χ0) is 37.8. The summed E-state index contributed by atoms with van der Waals surface area (Å²) >= 11 is 2.92. The van der Waals surface area contributed by atoms with Crippen LogP contribution in [0.4, 0.5) is 5.69 Å². The molecule has 14 heteroatoms. The molecule has 0 radical (unpaired) electrons. The molecule has 0 saturated heterocycles. The van der Waals surface area contributed by atoms with Gasteiger partial charge in [0.25, 0.3) is 0 Å². The first kappa shape index (κ1) is 39.1. The highest BCUT2D eigenvalue weighted by molar-refractivity contribution is 8.26. The average molecular weight is 768 g/mol. The molecule has 5 rings (SSSR count). The molecule has 2 aromatic rings. The van der Waals surface area contributed by atoms with Crippen LogP contribution in [0.25, 0.3) is 5.57 Å². The van der Waals surface area contributed by atoms with Gasteiger partial charge in [0.05, 0.1) is 50.7 Å². The van der Waals surface area contributed by atoms with Gasteiger partial charge < -0.3 is 28.6 Å². The molecule has 11 nitrogen and oxygen atoms in total. The highest BCUT2D eigenvalue weighted by Gasteiger charge is 2.61. The number of ether oxygens (including phenoxy) is 5.